The van der Waals surface area contributed by atoms with Crippen LogP contribution in [0.5, 0.6) is 0 Å². The van der Waals surface area contributed by atoms with Crippen LogP contribution in [0, 0.1) is 0 Å². The lowest BCUT2D eigenvalue weighted by molar-refractivity contribution is 0.238. The first-order valence-electron chi connectivity index (χ1n) is 8.49. The van der Waals surface area contributed by atoms with Crippen molar-refractivity contribution in [2.45, 2.75) is 19.9 Å². The highest BCUT2D eigenvalue weighted by atomic mass is 16.5. The zero-order chi connectivity index (χ0) is 17.1. The Morgan fingerprint density at radius 2 is 1.76 bits per heavy atom. The highest BCUT2D eigenvalue weighted by Crippen LogP contribution is 2.20. The summed E-state index contributed by atoms with van der Waals surface area (Å²) in [5, 5.41) is 8.14. The van der Waals surface area contributed by atoms with Crippen molar-refractivity contribution in [1.29, 1.82) is 0 Å². The molecule has 3 heterocycles. The van der Waals surface area contributed by atoms with Gasteiger partial charge in [0.15, 0.2) is 5.82 Å². The molecule has 0 saturated carbocycles. The first-order chi connectivity index (χ1) is 12.3. The van der Waals surface area contributed by atoms with Crippen molar-refractivity contribution in [2.75, 3.05) is 31.1 Å². The number of anilines is 1. The van der Waals surface area contributed by atoms with E-state index in [0.717, 1.165) is 44.0 Å². The topological polar surface area (TPSA) is 84.3 Å². The van der Waals surface area contributed by atoms with Gasteiger partial charge in [0.1, 0.15) is 0 Å². The first-order valence-corrected chi connectivity index (χ1v) is 8.49. The molecule has 0 amide bonds. The van der Waals surface area contributed by atoms with Crippen LogP contribution in [0.25, 0.3) is 11.5 Å². The van der Waals surface area contributed by atoms with Crippen LogP contribution >= 0.6 is 0 Å². The fourth-order valence-electron chi connectivity index (χ4n) is 2.85. The lowest BCUT2D eigenvalue weighted by Gasteiger charge is -2.32. The summed E-state index contributed by atoms with van der Waals surface area (Å²) < 4.78 is 10.6. The van der Waals surface area contributed by atoms with Crippen LogP contribution in [0.15, 0.2) is 39.4 Å². The van der Waals surface area contributed by atoms with E-state index >= 15 is 0 Å². The van der Waals surface area contributed by atoms with Gasteiger partial charge in [-0.1, -0.05) is 30.3 Å². The predicted octanol–water partition coefficient (Wildman–Crippen LogP) is 2.00. The first kappa shape index (κ1) is 15.8. The molecule has 8 heteroatoms. The SMILES string of the molecule is CCc1nc(CN2CCN(c3noc(-c4ccccc4)n3)CC2)no1. The Labute approximate surface area is 145 Å². The van der Waals surface area contributed by atoms with Crippen molar-refractivity contribution in [3.05, 3.63) is 42.0 Å². The molecule has 1 saturated heterocycles. The second-order valence-corrected chi connectivity index (χ2v) is 5.99. The Morgan fingerprint density at radius 1 is 0.960 bits per heavy atom. The van der Waals surface area contributed by atoms with Gasteiger partial charge in [0.25, 0.3) is 11.8 Å². The number of hydrogen-bond donors (Lipinski definition) is 0. The van der Waals surface area contributed by atoms with Gasteiger partial charge in [-0.2, -0.15) is 9.97 Å². The third-order valence-electron chi connectivity index (χ3n) is 4.27. The fraction of sp³-hybridized carbons (Fsp3) is 0.412. The van der Waals surface area contributed by atoms with E-state index < -0.39 is 0 Å². The highest BCUT2D eigenvalue weighted by molar-refractivity contribution is 5.54. The summed E-state index contributed by atoms with van der Waals surface area (Å²) >= 11 is 0. The maximum absolute atomic E-state index is 5.39. The molecule has 0 spiro atoms. The Kier molecular flexibility index (Phi) is 4.43. The van der Waals surface area contributed by atoms with E-state index in [0.29, 0.717) is 24.3 Å². The van der Waals surface area contributed by atoms with Gasteiger partial charge in [0.2, 0.25) is 5.89 Å². The zero-order valence-electron chi connectivity index (χ0n) is 14.1. The summed E-state index contributed by atoms with van der Waals surface area (Å²) in [5.41, 5.74) is 0.934. The van der Waals surface area contributed by atoms with Gasteiger partial charge in [-0.3, -0.25) is 4.90 Å². The van der Waals surface area contributed by atoms with Crippen molar-refractivity contribution < 1.29 is 9.05 Å². The van der Waals surface area contributed by atoms with E-state index in [4.69, 9.17) is 9.05 Å². The number of piperazine rings is 1. The van der Waals surface area contributed by atoms with E-state index in [1.165, 1.54) is 0 Å². The summed E-state index contributed by atoms with van der Waals surface area (Å²) in [6, 6.07) is 9.81. The molecular formula is C17H20N6O2. The second-order valence-electron chi connectivity index (χ2n) is 5.99. The minimum Gasteiger partial charge on any atom is -0.339 e. The molecule has 1 aliphatic heterocycles. The number of aromatic nitrogens is 4. The lowest BCUT2D eigenvalue weighted by atomic mass is 10.2. The molecule has 0 N–H and O–H groups in total. The van der Waals surface area contributed by atoms with Gasteiger partial charge in [-0.25, -0.2) is 0 Å². The molecule has 1 aliphatic rings. The normalized spacial score (nSPS) is 15.6. The van der Waals surface area contributed by atoms with Crippen LogP contribution in [-0.2, 0) is 13.0 Å². The van der Waals surface area contributed by atoms with Crippen LogP contribution in [-0.4, -0.2) is 51.4 Å². The van der Waals surface area contributed by atoms with Crippen LogP contribution in [0.4, 0.5) is 5.95 Å². The summed E-state index contributed by atoms with van der Waals surface area (Å²) in [7, 11) is 0. The number of rotatable bonds is 5. The summed E-state index contributed by atoms with van der Waals surface area (Å²) in [6.45, 7) is 6.18. The highest BCUT2D eigenvalue weighted by Gasteiger charge is 2.22. The molecule has 0 bridgehead atoms. The van der Waals surface area contributed by atoms with E-state index in [2.05, 4.69) is 30.1 Å². The molecule has 0 aliphatic carbocycles. The molecule has 4 rings (SSSR count). The quantitative estimate of drug-likeness (QED) is 0.697. The molecule has 1 fully saturated rings. The molecule has 130 valence electrons. The summed E-state index contributed by atoms with van der Waals surface area (Å²) in [6.07, 6.45) is 0.766. The van der Waals surface area contributed by atoms with E-state index in [9.17, 15) is 0 Å². The standard InChI is InChI=1S/C17H20N6O2/c1-2-15-18-14(20-24-15)12-22-8-10-23(11-9-22)17-19-16(25-21-17)13-6-4-3-5-7-13/h3-7H,2,8-12H2,1H3. The fourth-order valence-corrected chi connectivity index (χ4v) is 2.85. The molecule has 0 radical (unpaired) electrons. The number of hydrogen-bond acceptors (Lipinski definition) is 8. The van der Waals surface area contributed by atoms with Gasteiger partial charge in [0, 0.05) is 38.2 Å². The molecule has 2 aromatic heterocycles. The Morgan fingerprint density at radius 3 is 2.48 bits per heavy atom. The van der Waals surface area contributed by atoms with E-state index in [1.54, 1.807) is 0 Å². The average Bonchev–Trinajstić information content (AvgIpc) is 3.33. The minimum atomic E-state index is 0.553. The molecule has 8 nitrogen and oxygen atoms in total. The van der Waals surface area contributed by atoms with E-state index in [-0.39, 0.29) is 0 Å². The second kappa shape index (κ2) is 7.02. The number of benzene rings is 1. The molecular weight excluding hydrogens is 320 g/mol. The van der Waals surface area contributed by atoms with Crippen molar-refractivity contribution in [2.24, 2.45) is 0 Å². The van der Waals surface area contributed by atoms with Crippen molar-refractivity contribution in [3.63, 3.8) is 0 Å². The summed E-state index contributed by atoms with van der Waals surface area (Å²) in [4.78, 5) is 13.3. The van der Waals surface area contributed by atoms with Crippen molar-refractivity contribution in [1.82, 2.24) is 25.2 Å². The molecule has 3 aromatic rings. The smallest absolute Gasteiger partial charge is 0.266 e. The maximum Gasteiger partial charge on any atom is 0.266 e. The number of aryl methyl sites for hydroxylation is 1. The molecule has 1 aromatic carbocycles. The third kappa shape index (κ3) is 3.53. The average molecular weight is 340 g/mol. The molecule has 0 unspecified atom stereocenters. The van der Waals surface area contributed by atoms with Crippen LogP contribution in [0.1, 0.15) is 18.6 Å². The van der Waals surface area contributed by atoms with Crippen LogP contribution < -0.4 is 4.90 Å². The van der Waals surface area contributed by atoms with E-state index in [1.807, 2.05) is 37.3 Å². The van der Waals surface area contributed by atoms with Gasteiger partial charge in [0.05, 0.1) is 6.54 Å². The minimum absolute atomic E-state index is 0.553. The Hall–Kier alpha value is -2.74. The lowest BCUT2D eigenvalue weighted by Crippen LogP contribution is -2.46. The number of nitrogens with zero attached hydrogens (tertiary/aromatic N) is 6. The maximum atomic E-state index is 5.39. The van der Waals surface area contributed by atoms with Gasteiger partial charge in [-0.05, 0) is 17.3 Å². The van der Waals surface area contributed by atoms with Crippen LogP contribution in [0.2, 0.25) is 0 Å². The third-order valence-corrected chi connectivity index (χ3v) is 4.27. The Bertz CT molecular complexity index is 807. The largest absolute Gasteiger partial charge is 0.339 e. The Balaban J connectivity index is 1.35. The molecule has 0 atom stereocenters. The predicted molar refractivity (Wildman–Crippen MR) is 90.9 cm³/mol. The van der Waals surface area contributed by atoms with Gasteiger partial charge >= 0.3 is 0 Å². The monoisotopic (exact) mass is 340 g/mol. The summed E-state index contributed by atoms with van der Waals surface area (Å²) in [5.74, 6) is 2.63. The van der Waals surface area contributed by atoms with Crippen molar-refractivity contribution in [3.8, 4) is 11.5 Å². The zero-order valence-corrected chi connectivity index (χ0v) is 14.1. The molecule has 25 heavy (non-hydrogen) atoms. The van der Waals surface area contributed by atoms with Gasteiger partial charge < -0.3 is 13.9 Å². The van der Waals surface area contributed by atoms with Crippen LogP contribution in [0.3, 0.4) is 0 Å². The van der Waals surface area contributed by atoms with Crippen molar-refractivity contribution >= 4 is 5.95 Å². The van der Waals surface area contributed by atoms with Gasteiger partial charge in [-0.15, -0.1) is 0 Å².